The van der Waals surface area contributed by atoms with Gasteiger partial charge in [0, 0.05) is 0 Å². The molecule has 0 spiro atoms. The zero-order chi connectivity index (χ0) is 15.5. The van der Waals surface area contributed by atoms with Crippen LogP contribution in [0.4, 0.5) is 4.39 Å². The van der Waals surface area contributed by atoms with Gasteiger partial charge in [0.15, 0.2) is 11.6 Å². The van der Waals surface area contributed by atoms with E-state index in [4.69, 9.17) is 4.74 Å². The fourth-order valence-electron chi connectivity index (χ4n) is 2.53. The highest BCUT2D eigenvalue weighted by Crippen LogP contribution is 2.25. The van der Waals surface area contributed by atoms with Crippen LogP contribution >= 0.6 is 0 Å². The Morgan fingerprint density at radius 2 is 1.67 bits per heavy atom. The monoisotopic (exact) mass is 296 g/mol. The van der Waals surface area contributed by atoms with E-state index < -0.39 is 11.9 Å². The second-order valence-corrected chi connectivity index (χ2v) is 5.67. The highest BCUT2D eigenvalue weighted by atomic mass is 19.1. The van der Waals surface area contributed by atoms with Gasteiger partial charge < -0.3 is 9.84 Å². The topological polar surface area (TPSA) is 29.5 Å². The van der Waals surface area contributed by atoms with Crippen molar-refractivity contribution in [3.8, 4) is 5.75 Å². The van der Waals surface area contributed by atoms with E-state index in [2.05, 4.69) is 6.92 Å². The molecule has 0 bridgehead atoms. The largest absolute Gasteiger partial charge is 0.494 e. The van der Waals surface area contributed by atoms with Crippen LogP contribution in [0.1, 0.15) is 76.4 Å². The minimum Gasteiger partial charge on any atom is -0.494 e. The lowest BCUT2D eigenvalue weighted by molar-refractivity contribution is 0.162. The number of aliphatic hydroxyl groups is 1. The summed E-state index contributed by atoms with van der Waals surface area (Å²) in [6.07, 6.45) is 10.0. The number of ether oxygens (including phenoxy) is 1. The molecule has 120 valence electrons. The smallest absolute Gasteiger partial charge is 0.165 e. The van der Waals surface area contributed by atoms with Crippen LogP contribution in [0.3, 0.4) is 0 Å². The quantitative estimate of drug-likeness (QED) is 0.554. The molecule has 0 amide bonds. The average molecular weight is 296 g/mol. The molecule has 1 N–H and O–H groups in total. The van der Waals surface area contributed by atoms with E-state index in [-0.39, 0.29) is 5.75 Å². The molecule has 0 aliphatic heterocycles. The van der Waals surface area contributed by atoms with Crippen molar-refractivity contribution in [3.05, 3.63) is 29.6 Å². The van der Waals surface area contributed by atoms with Crippen LogP contribution in [-0.4, -0.2) is 12.2 Å². The lowest BCUT2D eigenvalue weighted by atomic mass is 10.0. The molecule has 2 nitrogen and oxygen atoms in total. The third-order valence-corrected chi connectivity index (χ3v) is 3.89. The Balaban J connectivity index is 2.19. The SMILES string of the molecule is CCCCCCCCCCC(O)c1ccc(OC)c(F)c1. The zero-order valence-electron chi connectivity index (χ0n) is 13.4. The Bertz CT molecular complexity index is 393. The van der Waals surface area contributed by atoms with Crippen LogP contribution in [0, 0.1) is 5.82 Å². The molecule has 0 heterocycles. The van der Waals surface area contributed by atoms with Gasteiger partial charge in [-0.2, -0.15) is 0 Å². The predicted octanol–water partition coefficient (Wildman–Crippen LogP) is 5.40. The van der Waals surface area contributed by atoms with Crippen molar-refractivity contribution < 1.29 is 14.2 Å². The number of methoxy groups -OCH3 is 1. The first kappa shape index (κ1) is 18.0. The molecule has 0 aliphatic carbocycles. The number of hydrogen-bond donors (Lipinski definition) is 1. The number of unbranched alkanes of at least 4 members (excludes halogenated alkanes) is 7. The van der Waals surface area contributed by atoms with E-state index in [0.29, 0.717) is 12.0 Å². The van der Waals surface area contributed by atoms with Gasteiger partial charge in [0.2, 0.25) is 0 Å². The third kappa shape index (κ3) is 6.94. The van der Waals surface area contributed by atoms with E-state index in [1.165, 1.54) is 51.7 Å². The maximum Gasteiger partial charge on any atom is 0.165 e. The number of benzene rings is 1. The molecule has 0 saturated carbocycles. The predicted molar refractivity (Wildman–Crippen MR) is 85.1 cm³/mol. The molecule has 1 atom stereocenters. The lowest BCUT2D eigenvalue weighted by Gasteiger charge is -2.12. The van der Waals surface area contributed by atoms with E-state index in [1.807, 2.05) is 0 Å². The Morgan fingerprint density at radius 1 is 1.05 bits per heavy atom. The van der Waals surface area contributed by atoms with Gasteiger partial charge in [-0.1, -0.05) is 64.4 Å². The van der Waals surface area contributed by atoms with Gasteiger partial charge in [-0.05, 0) is 24.1 Å². The highest BCUT2D eigenvalue weighted by Gasteiger charge is 2.10. The number of halogens is 1. The van der Waals surface area contributed by atoms with Gasteiger partial charge in [-0.25, -0.2) is 4.39 Å². The minimum atomic E-state index is -0.578. The highest BCUT2D eigenvalue weighted by molar-refractivity contribution is 5.30. The van der Waals surface area contributed by atoms with Crippen molar-refractivity contribution in [2.24, 2.45) is 0 Å². The van der Waals surface area contributed by atoms with Crippen LogP contribution in [0.5, 0.6) is 5.75 Å². The molecule has 0 radical (unpaired) electrons. The zero-order valence-corrected chi connectivity index (χ0v) is 13.4. The molecule has 0 saturated heterocycles. The van der Waals surface area contributed by atoms with Gasteiger partial charge in [-0.15, -0.1) is 0 Å². The van der Waals surface area contributed by atoms with Crippen LogP contribution in [0.2, 0.25) is 0 Å². The molecular weight excluding hydrogens is 267 g/mol. The molecule has 0 aromatic heterocycles. The molecule has 21 heavy (non-hydrogen) atoms. The number of aliphatic hydroxyl groups excluding tert-OH is 1. The first-order valence-corrected chi connectivity index (χ1v) is 8.20. The number of hydrogen-bond acceptors (Lipinski definition) is 2. The number of rotatable bonds is 11. The standard InChI is InChI=1S/C18H29FO2/c1-3-4-5-6-7-8-9-10-11-17(20)15-12-13-18(21-2)16(19)14-15/h12-14,17,20H,3-11H2,1-2H3. The summed E-state index contributed by atoms with van der Waals surface area (Å²) in [5.74, 6) is -0.192. The first-order valence-electron chi connectivity index (χ1n) is 8.20. The van der Waals surface area contributed by atoms with Crippen molar-refractivity contribution in [1.29, 1.82) is 0 Å². The van der Waals surface area contributed by atoms with Gasteiger partial charge in [0.25, 0.3) is 0 Å². The van der Waals surface area contributed by atoms with E-state index in [1.54, 1.807) is 12.1 Å². The van der Waals surface area contributed by atoms with Gasteiger partial charge >= 0.3 is 0 Å². The Labute approximate surface area is 128 Å². The summed E-state index contributed by atoms with van der Waals surface area (Å²) in [5, 5.41) is 10.1. The summed E-state index contributed by atoms with van der Waals surface area (Å²) < 4.78 is 18.4. The Morgan fingerprint density at radius 3 is 2.24 bits per heavy atom. The summed E-state index contributed by atoms with van der Waals surface area (Å²) in [6, 6.07) is 4.67. The van der Waals surface area contributed by atoms with Crippen molar-refractivity contribution >= 4 is 0 Å². The third-order valence-electron chi connectivity index (χ3n) is 3.89. The van der Waals surface area contributed by atoms with Crippen LogP contribution in [0.15, 0.2) is 18.2 Å². The first-order chi connectivity index (χ1) is 10.2. The second-order valence-electron chi connectivity index (χ2n) is 5.67. The van der Waals surface area contributed by atoms with E-state index >= 15 is 0 Å². The maximum atomic E-state index is 13.6. The van der Waals surface area contributed by atoms with Crippen molar-refractivity contribution in [3.63, 3.8) is 0 Å². The summed E-state index contributed by atoms with van der Waals surface area (Å²) in [7, 11) is 1.44. The summed E-state index contributed by atoms with van der Waals surface area (Å²) in [5.41, 5.74) is 0.635. The molecule has 1 unspecified atom stereocenters. The van der Waals surface area contributed by atoms with Gasteiger partial charge in [0.1, 0.15) is 0 Å². The Hall–Kier alpha value is -1.09. The van der Waals surface area contributed by atoms with Crippen molar-refractivity contribution in [2.45, 2.75) is 70.8 Å². The molecule has 0 aliphatic rings. The van der Waals surface area contributed by atoms with E-state index in [9.17, 15) is 9.50 Å². The molecule has 0 fully saturated rings. The summed E-state index contributed by atoms with van der Waals surface area (Å²) in [6.45, 7) is 2.23. The average Bonchev–Trinajstić information content (AvgIpc) is 2.49. The molecule has 3 heteroatoms. The van der Waals surface area contributed by atoms with Crippen LogP contribution < -0.4 is 4.74 Å². The summed E-state index contributed by atoms with van der Waals surface area (Å²) >= 11 is 0. The molecule has 1 rings (SSSR count). The van der Waals surface area contributed by atoms with Crippen molar-refractivity contribution in [1.82, 2.24) is 0 Å². The summed E-state index contributed by atoms with van der Waals surface area (Å²) in [4.78, 5) is 0. The minimum absolute atomic E-state index is 0.220. The fourth-order valence-corrected chi connectivity index (χ4v) is 2.53. The Kier molecular flexibility index (Phi) is 9.07. The van der Waals surface area contributed by atoms with Gasteiger partial charge in [0.05, 0.1) is 13.2 Å². The molecule has 1 aromatic rings. The van der Waals surface area contributed by atoms with Crippen LogP contribution in [0.25, 0.3) is 0 Å². The molecule has 1 aromatic carbocycles. The van der Waals surface area contributed by atoms with Crippen molar-refractivity contribution in [2.75, 3.05) is 7.11 Å². The lowest BCUT2D eigenvalue weighted by Crippen LogP contribution is -1.99. The maximum absolute atomic E-state index is 13.6. The normalized spacial score (nSPS) is 12.4. The second kappa shape index (κ2) is 10.6. The van der Waals surface area contributed by atoms with Gasteiger partial charge in [-0.3, -0.25) is 0 Å². The van der Waals surface area contributed by atoms with Crippen LogP contribution in [-0.2, 0) is 0 Å². The fraction of sp³-hybridized carbons (Fsp3) is 0.667. The molecular formula is C18H29FO2. The van der Waals surface area contributed by atoms with E-state index in [0.717, 1.165) is 12.8 Å².